The average Bonchev–Trinajstić information content (AvgIpc) is 3.09. The molecule has 0 saturated carbocycles. The summed E-state index contributed by atoms with van der Waals surface area (Å²) in [7, 11) is 0. The molecular weight excluding hydrogens is 544 g/mol. The maximum Gasteiger partial charge on any atom is 0.132 e. The third-order valence-electron chi connectivity index (χ3n) is 7.81. The molecule has 0 N–H and O–H groups in total. The van der Waals surface area contributed by atoms with Crippen molar-refractivity contribution in [3.63, 3.8) is 0 Å². The van der Waals surface area contributed by atoms with Gasteiger partial charge in [-0.25, -0.2) is 0 Å². The summed E-state index contributed by atoms with van der Waals surface area (Å²) in [5.74, 6) is 3.98. The first-order valence-corrected chi connectivity index (χ1v) is 14.1. The van der Waals surface area contributed by atoms with Crippen molar-refractivity contribution < 1.29 is 14.2 Å². The SMILES string of the molecule is N#Cc1ccc(Oc2ccccc2C2(c3ccccc3Oc3ccc(C#N)cc3)c3ccccc3Oc3ccccc32)cc1. The first kappa shape index (κ1) is 26.6. The molecule has 1 heterocycles. The Morgan fingerprint density at radius 1 is 0.432 bits per heavy atom. The largest absolute Gasteiger partial charge is 0.457 e. The van der Waals surface area contributed by atoms with Crippen LogP contribution in [-0.4, -0.2) is 0 Å². The van der Waals surface area contributed by atoms with Crippen LogP contribution in [0, 0.1) is 22.7 Å². The van der Waals surface area contributed by atoms with Gasteiger partial charge in [-0.05, 0) is 72.8 Å². The molecule has 0 saturated heterocycles. The normalized spacial score (nSPS) is 12.4. The van der Waals surface area contributed by atoms with Gasteiger partial charge in [0.2, 0.25) is 0 Å². The van der Waals surface area contributed by atoms with Gasteiger partial charge in [-0.3, -0.25) is 0 Å². The number of benzene rings is 6. The molecule has 0 aliphatic carbocycles. The standard InChI is InChI=1S/C39H24N2O3/c40-25-27-17-21-29(22-18-27)42-35-13-5-1-9-31(35)39(33-11-3-7-15-37(33)44-38-16-8-4-12-34(38)39)32-10-2-6-14-36(32)43-30-23-19-28(26-41)20-24-30/h1-24H. The lowest BCUT2D eigenvalue weighted by Crippen LogP contribution is -2.35. The second kappa shape index (κ2) is 11.2. The predicted octanol–water partition coefficient (Wildman–Crippen LogP) is 9.50. The van der Waals surface area contributed by atoms with Gasteiger partial charge < -0.3 is 14.2 Å². The Labute approximate surface area is 255 Å². The van der Waals surface area contributed by atoms with Crippen molar-refractivity contribution in [1.82, 2.24) is 0 Å². The van der Waals surface area contributed by atoms with Crippen molar-refractivity contribution in [1.29, 1.82) is 10.5 Å². The lowest BCUT2D eigenvalue weighted by atomic mass is 9.63. The number of rotatable bonds is 6. The third kappa shape index (κ3) is 4.50. The number of hydrogen-bond donors (Lipinski definition) is 0. The van der Waals surface area contributed by atoms with E-state index in [4.69, 9.17) is 14.2 Å². The molecule has 0 spiro atoms. The van der Waals surface area contributed by atoms with Gasteiger partial charge in [0, 0.05) is 22.3 Å². The molecule has 7 rings (SSSR count). The summed E-state index contributed by atoms with van der Waals surface area (Å²) >= 11 is 0. The number of hydrogen-bond acceptors (Lipinski definition) is 5. The van der Waals surface area contributed by atoms with Crippen molar-refractivity contribution >= 4 is 0 Å². The summed E-state index contributed by atoms with van der Waals surface area (Å²) in [6.07, 6.45) is 0. The minimum Gasteiger partial charge on any atom is -0.457 e. The number of ether oxygens (including phenoxy) is 3. The fourth-order valence-corrected chi connectivity index (χ4v) is 5.90. The van der Waals surface area contributed by atoms with E-state index in [1.165, 1.54) is 0 Å². The van der Waals surface area contributed by atoms with Crippen LogP contribution in [0.1, 0.15) is 33.4 Å². The Kier molecular flexibility index (Phi) is 6.75. The highest BCUT2D eigenvalue weighted by atomic mass is 16.5. The minimum atomic E-state index is -0.919. The molecule has 44 heavy (non-hydrogen) atoms. The maximum absolute atomic E-state index is 9.31. The summed E-state index contributed by atoms with van der Waals surface area (Å²) in [4.78, 5) is 0. The molecule has 1 aliphatic heterocycles. The maximum atomic E-state index is 9.31. The van der Waals surface area contributed by atoms with E-state index >= 15 is 0 Å². The Hall–Kier alpha value is -6.30. The molecule has 0 aromatic heterocycles. The number of para-hydroxylation sites is 4. The van der Waals surface area contributed by atoms with Crippen LogP contribution in [0.25, 0.3) is 0 Å². The molecule has 1 aliphatic rings. The van der Waals surface area contributed by atoms with Gasteiger partial charge in [0.15, 0.2) is 0 Å². The van der Waals surface area contributed by atoms with Crippen LogP contribution in [0.3, 0.4) is 0 Å². The second-order valence-corrected chi connectivity index (χ2v) is 10.3. The van der Waals surface area contributed by atoms with Crippen molar-refractivity contribution in [3.05, 3.63) is 179 Å². The Morgan fingerprint density at radius 3 is 1.20 bits per heavy atom. The third-order valence-corrected chi connectivity index (χ3v) is 7.81. The molecule has 208 valence electrons. The van der Waals surface area contributed by atoms with Crippen LogP contribution in [0.4, 0.5) is 0 Å². The molecular formula is C39H24N2O3. The summed E-state index contributed by atoms with van der Waals surface area (Å²) in [5.41, 5.74) is 3.85. The monoisotopic (exact) mass is 568 g/mol. The topological polar surface area (TPSA) is 75.3 Å². The molecule has 0 bridgehead atoms. The van der Waals surface area contributed by atoms with E-state index in [1.54, 1.807) is 48.5 Å². The zero-order chi connectivity index (χ0) is 29.9. The summed E-state index contributed by atoms with van der Waals surface area (Å²) in [6, 6.07) is 50.6. The fourth-order valence-electron chi connectivity index (χ4n) is 5.90. The number of nitrogens with zero attached hydrogens (tertiary/aromatic N) is 2. The van der Waals surface area contributed by atoms with Gasteiger partial charge >= 0.3 is 0 Å². The van der Waals surface area contributed by atoms with Gasteiger partial charge in [0.1, 0.15) is 34.5 Å². The van der Waals surface area contributed by atoms with Gasteiger partial charge in [0.25, 0.3) is 0 Å². The van der Waals surface area contributed by atoms with E-state index < -0.39 is 5.41 Å². The first-order chi connectivity index (χ1) is 21.7. The van der Waals surface area contributed by atoms with E-state index in [1.807, 2.05) is 72.8 Å². The summed E-state index contributed by atoms with van der Waals surface area (Å²) in [6.45, 7) is 0. The van der Waals surface area contributed by atoms with Crippen LogP contribution >= 0.6 is 0 Å². The van der Waals surface area contributed by atoms with Crippen LogP contribution < -0.4 is 14.2 Å². The van der Waals surface area contributed by atoms with Crippen LogP contribution in [-0.2, 0) is 5.41 Å². The van der Waals surface area contributed by atoms with Gasteiger partial charge in [0.05, 0.1) is 28.7 Å². The Balaban J connectivity index is 1.51. The lowest BCUT2D eigenvalue weighted by Gasteiger charge is -2.42. The highest BCUT2D eigenvalue weighted by Crippen LogP contribution is 2.59. The fraction of sp³-hybridized carbons (Fsp3) is 0.0256. The Morgan fingerprint density at radius 2 is 0.795 bits per heavy atom. The van der Waals surface area contributed by atoms with E-state index in [-0.39, 0.29) is 0 Å². The summed E-state index contributed by atoms with van der Waals surface area (Å²) in [5, 5.41) is 18.6. The van der Waals surface area contributed by atoms with E-state index in [0.717, 1.165) is 33.8 Å². The smallest absolute Gasteiger partial charge is 0.132 e. The molecule has 6 aromatic carbocycles. The highest BCUT2D eigenvalue weighted by molar-refractivity contribution is 5.73. The van der Waals surface area contributed by atoms with E-state index in [9.17, 15) is 10.5 Å². The van der Waals surface area contributed by atoms with Crippen molar-refractivity contribution in [2.45, 2.75) is 5.41 Å². The molecule has 0 atom stereocenters. The van der Waals surface area contributed by atoms with Crippen molar-refractivity contribution in [3.8, 4) is 46.6 Å². The molecule has 5 nitrogen and oxygen atoms in total. The highest BCUT2D eigenvalue weighted by Gasteiger charge is 2.48. The lowest BCUT2D eigenvalue weighted by molar-refractivity contribution is 0.416. The number of nitriles is 2. The average molecular weight is 569 g/mol. The molecule has 0 unspecified atom stereocenters. The zero-order valence-corrected chi connectivity index (χ0v) is 23.5. The second-order valence-electron chi connectivity index (χ2n) is 10.3. The molecule has 5 heteroatoms. The van der Waals surface area contributed by atoms with Crippen molar-refractivity contribution in [2.75, 3.05) is 0 Å². The van der Waals surface area contributed by atoms with E-state index in [0.29, 0.717) is 34.1 Å². The van der Waals surface area contributed by atoms with Crippen LogP contribution in [0.5, 0.6) is 34.5 Å². The molecule has 0 radical (unpaired) electrons. The first-order valence-electron chi connectivity index (χ1n) is 14.1. The molecule has 0 fully saturated rings. The number of fused-ring (bicyclic) bond motifs is 2. The molecule has 6 aromatic rings. The van der Waals surface area contributed by atoms with Crippen molar-refractivity contribution in [2.24, 2.45) is 0 Å². The van der Waals surface area contributed by atoms with Gasteiger partial charge in [-0.15, -0.1) is 0 Å². The quantitative estimate of drug-likeness (QED) is 0.200. The van der Waals surface area contributed by atoms with Gasteiger partial charge in [-0.1, -0.05) is 72.8 Å². The van der Waals surface area contributed by atoms with E-state index in [2.05, 4.69) is 36.4 Å². The zero-order valence-electron chi connectivity index (χ0n) is 23.5. The Bertz CT molecular complexity index is 1920. The van der Waals surface area contributed by atoms with Crippen LogP contribution in [0.2, 0.25) is 0 Å². The summed E-state index contributed by atoms with van der Waals surface area (Å²) < 4.78 is 19.7. The predicted molar refractivity (Wildman–Crippen MR) is 167 cm³/mol. The van der Waals surface area contributed by atoms with Gasteiger partial charge in [-0.2, -0.15) is 10.5 Å². The minimum absolute atomic E-state index is 0.559. The molecule has 0 amide bonds. The van der Waals surface area contributed by atoms with Crippen LogP contribution in [0.15, 0.2) is 146 Å².